The molecule has 0 aliphatic carbocycles. The zero-order valence-corrected chi connectivity index (χ0v) is 9.53. The fraction of sp³-hybridized carbons (Fsp3) is 0.462. The Labute approximate surface area is 90.9 Å². The SMILES string of the molecule is CC(C)C(=O)[C@@H]1c2ccccc2CN1C. The quantitative estimate of drug-likeness (QED) is 0.735. The number of hydrogen-bond acceptors (Lipinski definition) is 2. The van der Waals surface area contributed by atoms with Gasteiger partial charge >= 0.3 is 0 Å². The molecule has 0 radical (unpaired) electrons. The maximum atomic E-state index is 12.1. The Kier molecular flexibility index (Phi) is 2.61. The third-order valence-electron chi connectivity index (χ3n) is 3.05. The van der Waals surface area contributed by atoms with Crippen LogP contribution in [0.15, 0.2) is 24.3 Å². The van der Waals surface area contributed by atoms with Gasteiger partial charge in [0, 0.05) is 12.5 Å². The molecule has 2 rings (SSSR count). The number of likely N-dealkylation sites (N-methyl/N-ethyl adjacent to an activating group) is 1. The zero-order valence-electron chi connectivity index (χ0n) is 9.53. The Morgan fingerprint density at radius 1 is 1.40 bits per heavy atom. The van der Waals surface area contributed by atoms with E-state index in [0.717, 1.165) is 6.54 Å². The lowest BCUT2D eigenvalue weighted by atomic mass is 9.95. The first-order valence-electron chi connectivity index (χ1n) is 5.43. The van der Waals surface area contributed by atoms with Crippen LogP contribution in [0.2, 0.25) is 0 Å². The normalized spacial score (nSPS) is 20.7. The molecule has 80 valence electrons. The molecule has 1 atom stereocenters. The van der Waals surface area contributed by atoms with E-state index >= 15 is 0 Å². The highest BCUT2D eigenvalue weighted by Gasteiger charge is 2.33. The highest BCUT2D eigenvalue weighted by molar-refractivity contribution is 5.87. The molecule has 1 aromatic rings. The molecule has 0 spiro atoms. The number of carbonyl (C=O) groups excluding carboxylic acids is 1. The van der Waals surface area contributed by atoms with Crippen LogP contribution in [0.4, 0.5) is 0 Å². The molecular weight excluding hydrogens is 186 g/mol. The van der Waals surface area contributed by atoms with Crippen molar-refractivity contribution >= 4 is 5.78 Å². The molecule has 0 unspecified atom stereocenters. The van der Waals surface area contributed by atoms with Gasteiger partial charge in [-0.05, 0) is 18.2 Å². The van der Waals surface area contributed by atoms with Crippen LogP contribution >= 0.6 is 0 Å². The molecular formula is C13H17NO. The summed E-state index contributed by atoms with van der Waals surface area (Å²) in [5.41, 5.74) is 2.48. The minimum atomic E-state index is -0.0267. The van der Waals surface area contributed by atoms with E-state index in [4.69, 9.17) is 0 Å². The minimum absolute atomic E-state index is 0.0267. The number of fused-ring (bicyclic) bond motifs is 1. The fourth-order valence-electron chi connectivity index (χ4n) is 2.23. The summed E-state index contributed by atoms with van der Waals surface area (Å²) in [5, 5.41) is 0. The van der Waals surface area contributed by atoms with Gasteiger partial charge in [-0.3, -0.25) is 9.69 Å². The number of hydrogen-bond donors (Lipinski definition) is 0. The molecule has 2 heteroatoms. The van der Waals surface area contributed by atoms with Crippen molar-refractivity contribution in [1.29, 1.82) is 0 Å². The lowest BCUT2D eigenvalue weighted by Gasteiger charge is -2.20. The van der Waals surface area contributed by atoms with Crippen LogP contribution in [-0.2, 0) is 11.3 Å². The van der Waals surface area contributed by atoms with Gasteiger partial charge in [-0.15, -0.1) is 0 Å². The van der Waals surface area contributed by atoms with Crippen LogP contribution in [0.5, 0.6) is 0 Å². The van der Waals surface area contributed by atoms with E-state index in [1.54, 1.807) is 0 Å². The Morgan fingerprint density at radius 2 is 2.07 bits per heavy atom. The van der Waals surface area contributed by atoms with Crippen LogP contribution in [0.1, 0.15) is 31.0 Å². The average Bonchev–Trinajstić information content (AvgIpc) is 2.52. The number of benzene rings is 1. The van der Waals surface area contributed by atoms with Gasteiger partial charge in [-0.2, -0.15) is 0 Å². The van der Waals surface area contributed by atoms with Crippen molar-refractivity contribution in [2.75, 3.05) is 7.05 Å². The molecule has 2 nitrogen and oxygen atoms in total. The second-order valence-electron chi connectivity index (χ2n) is 4.57. The van der Waals surface area contributed by atoms with E-state index in [9.17, 15) is 4.79 Å². The van der Waals surface area contributed by atoms with Crippen LogP contribution in [0.3, 0.4) is 0 Å². The number of carbonyl (C=O) groups is 1. The molecule has 1 aliphatic heterocycles. The lowest BCUT2D eigenvalue weighted by Crippen LogP contribution is -2.27. The van der Waals surface area contributed by atoms with Crippen LogP contribution in [-0.4, -0.2) is 17.7 Å². The first kappa shape index (κ1) is 10.4. The predicted molar refractivity (Wildman–Crippen MR) is 60.5 cm³/mol. The maximum absolute atomic E-state index is 12.1. The van der Waals surface area contributed by atoms with E-state index in [1.807, 2.05) is 33.0 Å². The van der Waals surface area contributed by atoms with Gasteiger partial charge in [0.2, 0.25) is 0 Å². The number of nitrogens with zero attached hydrogens (tertiary/aromatic N) is 1. The average molecular weight is 203 g/mol. The summed E-state index contributed by atoms with van der Waals surface area (Å²) in [6.45, 7) is 4.83. The van der Waals surface area contributed by atoms with Crippen molar-refractivity contribution in [1.82, 2.24) is 4.90 Å². The molecule has 0 saturated heterocycles. The van der Waals surface area contributed by atoms with Gasteiger partial charge in [-0.1, -0.05) is 38.1 Å². The molecule has 1 aromatic carbocycles. The zero-order chi connectivity index (χ0) is 11.0. The maximum Gasteiger partial charge on any atom is 0.157 e. The molecule has 0 bridgehead atoms. The summed E-state index contributed by atoms with van der Waals surface area (Å²) in [6, 6.07) is 8.21. The summed E-state index contributed by atoms with van der Waals surface area (Å²) in [7, 11) is 2.02. The van der Waals surface area contributed by atoms with Crippen molar-refractivity contribution in [3.8, 4) is 0 Å². The van der Waals surface area contributed by atoms with Crippen molar-refractivity contribution < 1.29 is 4.79 Å². The molecule has 0 fully saturated rings. The summed E-state index contributed by atoms with van der Waals surface area (Å²) >= 11 is 0. The first-order valence-corrected chi connectivity index (χ1v) is 5.43. The van der Waals surface area contributed by atoms with E-state index < -0.39 is 0 Å². The highest BCUT2D eigenvalue weighted by Crippen LogP contribution is 2.34. The summed E-state index contributed by atoms with van der Waals surface area (Å²) in [4.78, 5) is 14.2. The van der Waals surface area contributed by atoms with Gasteiger partial charge in [0.25, 0.3) is 0 Å². The number of rotatable bonds is 2. The lowest BCUT2D eigenvalue weighted by molar-refractivity contribution is -0.126. The molecule has 0 N–H and O–H groups in total. The third-order valence-corrected chi connectivity index (χ3v) is 3.05. The fourth-order valence-corrected chi connectivity index (χ4v) is 2.23. The molecule has 1 aliphatic rings. The van der Waals surface area contributed by atoms with E-state index in [-0.39, 0.29) is 12.0 Å². The van der Waals surface area contributed by atoms with E-state index in [1.165, 1.54) is 11.1 Å². The number of Topliss-reactive ketones (excluding diaryl/α,β-unsaturated/α-hetero) is 1. The Balaban J connectivity index is 2.38. The minimum Gasteiger partial charge on any atom is -0.297 e. The molecule has 1 heterocycles. The monoisotopic (exact) mass is 203 g/mol. The van der Waals surface area contributed by atoms with E-state index in [2.05, 4.69) is 17.0 Å². The summed E-state index contributed by atoms with van der Waals surface area (Å²) < 4.78 is 0. The Bertz CT molecular complexity index is 384. The van der Waals surface area contributed by atoms with Gasteiger partial charge in [0.05, 0.1) is 6.04 Å². The topological polar surface area (TPSA) is 20.3 Å². The van der Waals surface area contributed by atoms with Gasteiger partial charge in [0.1, 0.15) is 0 Å². The summed E-state index contributed by atoms with van der Waals surface area (Å²) in [6.07, 6.45) is 0. The molecule has 0 amide bonds. The van der Waals surface area contributed by atoms with Crippen molar-refractivity contribution in [3.63, 3.8) is 0 Å². The smallest absolute Gasteiger partial charge is 0.157 e. The van der Waals surface area contributed by atoms with Gasteiger partial charge < -0.3 is 0 Å². The largest absolute Gasteiger partial charge is 0.297 e. The molecule has 0 aromatic heterocycles. The Morgan fingerprint density at radius 3 is 2.73 bits per heavy atom. The third kappa shape index (κ3) is 1.70. The van der Waals surface area contributed by atoms with Crippen LogP contribution in [0.25, 0.3) is 0 Å². The second kappa shape index (κ2) is 3.78. The van der Waals surface area contributed by atoms with Gasteiger partial charge in [-0.25, -0.2) is 0 Å². The van der Waals surface area contributed by atoms with Crippen LogP contribution < -0.4 is 0 Å². The predicted octanol–water partition coefficient (Wildman–Crippen LogP) is 2.40. The summed E-state index contributed by atoms with van der Waals surface area (Å²) in [5.74, 6) is 0.422. The van der Waals surface area contributed by atoms with Crippen molar-refractivity contribution in [2.24, 2.45) is 5.92 Å². The molecule has 0 saturated carbocycles. The van der Waals surface area contributed by atoms with E-state index in [0.29, 0.717) is 5.78 Å². The standard InChI is InChI=1S/C13H17NO/c1-9(2)13(15)12-11-7-5-4-6-10(11)8-14(12)3/h4-7,9,12H,8H2,1-3H3/t12-/m0/s1. The Hall–Kier alpha value is -1.15. The first-order chi connectivity index (χ1) is 7.11. The van der Waals surface area contributed by atoms with Crippen molar-refractivity contribution in [3.05, 3.63) is 35.4 Å². The molecule has 15 heavy (non-hydrogen) atoms. The highest BCUT2D eigenvalue weighted by atomic mass is 16.1. The second-order valence-corrected chi connectivity index (χ2v) is 4.57. The number of ketones is 1. The van der Waals surface area contributed by atoms with Gasteiger partial charge in [0.15, 0.2) is 5.78 Å². The van der Waals surface area contributed by atoms with Crippen LogP contribution in [0, 0.1) is 5.92 Å². The van der Waals surface area contributed by atoms with Crippen molar-refractivity contribution in [2.45, 2.75) is 26.4 Å².